The van der Waals surface area contributed by atoms with Crippen molar-refractivity contribution in [1.82, 2.24) is 0 Å². The van der Waals surface area contributed by atoms with E-state index in [1.165, 1.54) is 12.1 Å². The van der Waals surface area contributed by atoms with Crippen molar-refractivity contribution >= 4 is 29.2 Å². The minimum Gasteiger partial charge on any atom is -0.478 e. The SMILES string of the molecule is O=C(O)c1cc(N2CCCC2=O)ccc1Cl. The van der Waals surface area contributed by atoms with Gasteiger partial charge >= 0.3 is 5.97 Å². The summed E-state index contributed by atoms with van der Waals surface area (Å²) in [7, 11) is 0. The number of halogens is 1. The van der Waals surface area contributed by atoms with Gasteiger partial charge in [-0.1, -0.05) is 11.6 Å². The van der Waals surface area contributed by atoms with Gasteiger partial charge in [0.15, 0.2) is 0 Å². The number of carbonyl (C=O) groups excluding carboxylic acids is 1. The van der Waals surface area contributed by atoms with Gasteiger partial charge in [0.25, 0.3) is 0 Å². The molecule has 0 radical (unpaired) electrons. The Labute approximate surface area is 97.4 Å². The second-order valence-corrected chi connectivity index (χ2v) is 4.03. The first-order valence-electron chi connectivity index (χ1n) is 4.93. The third-order valence-corrected chi connectivity index (χ3v) is 2.90. The molecule has 1 aromatic rings. The largest absolute Gasteiger partial charge is 0.478 e. The van der Waals surface area contributed by atoms with E-state index in [9.17, 15) is 9.59 Å². The molecule has 4 nitrogen and oxygen atoms in total. The van der Waals surface area contributed by atoms with Crippen LogP contribution in [0.15, 0.2) is 18.2 Å². The summed E-state index contributed by atoms with van der Waals surface area (Å²) in [5.74, 6) is -1.06. The van der Waals surface area contributed by atoms with Crippen LogP contribution in [0.5, 0.6) is 0 Å². The maximum Gasteiger partial charge on any atom is 0.337 e. The molecule has 0 spiro atoms. The molecule has 1 N–H and O–H groups in total. The number of nitrogens with zero attached hydrogens (tertiary/aromatic N) is 1. The first kappa shape index (κ1) is 11.0. The number of carbonyl (C=O) groups is 2. The Hall–Kier alpha value is -1.55. The predicted octanol–water partition coefficient (Wildman–Crippen LogP) is 2.17. The van der Waals surface area contributed by atoms with Crippen LogP contribution < -0.4 is 4.90 Å². The molecule has 1 saturated heterocycles. The summed E-state index contributed by atoms with van der Waals surface area (Å²) < 4.78 is 0. The minimum atomic E-state index is -1.08. The van der Waals surface area contributed by atoms with Gasteiger partial charge in [-0.15, -0.1) is 0 Å². The van der Waals surface area contributed by atoms with Gasteiger partial charge in [0.05, 0.1) is 10.6 Å². The van der Waals surface area contributed by atoms with Gasteiger partial charge in [0.2, 0.25) is 5.91 Å². The maximum absolute atomic E-state index is 11.5. The number of amides is 1. The molecule has 0 aliphatic carbocycles. The topological polar surface area (TPSA) is 57.6 Å². The van der Waals surface area contributed by atoms with Gasteiger partial charge in [-0.3, -0.25) is 4.79 Å². The van der Waals surface area contributed by atoms with Crippen molar-refractivity contribution in [2.24, 2.45) is 0 Å². The molecule has 1 fully saturated rings. The van der Waals surface area contributed by atoms with Crippen molar-refractivity contribution in [3.8, 4) is 0 Å². The van der Waals surface area contributed by atoms with Crippen molar-refractivity contribution in [1.29, 1.82) is 0 Å². The molecule has 0 atom stereocenters. The summed E-state index contributed by atoms with van der Waals surface area (Å²) in [6, 6.07) is 4.61. The zero-order valence-corrected chi connectivity index (χ0v) is 9.20. The molecular formula is C11H10ClNO3. The molecule has 1 aliphatic heterocycles. The first-order valence-corrected chi connectivity index (χ1v) is 5.30. The fourth-order valence-corrected chi connectivity index (χ4v) is 1.96. The van der Waals surface area contributed by atoms with E-state index in [1.54, 1.807) is 11.0 Å². The normalized spacial score (nSPS) is 15.6. The number of hydrogen-bond acceptors (Lipinski definition) is 2. The van der Waals surface area contributed by atoms with Crippen molar-refractivity contribution in [3.63, 3.8) is 0 Å². The summed E-state index contributed by atoms with van der Waals surface area (Å²) >= 11 is 5.75. The predicted molar refractivity (Wildman–Crippen MR) is 60.0 cm³/mol. The highest BCUT2D eigenvalue weighted by molar-refractivity contribution is 6.33. The van der Waals surface area contributed by atoms with E-state index in [-0.39, 0.29) is 16.5 Å². The Balaban J connectivity index is 2.39. The number of carboxylic acid groups (broad SMARTS) is 1. The number of benzene rings is 1. The Morgan fingerprint density at radius 2 is 2.19 bits per heavy atom. The molecule has 1 amide bonds. The van der Waals surface area contributed by atoms with E-state index < -0.39 is 5.97 Å². The molecule has 16 heavy (non-hydrogen) atoms. The summed E-state index contributed by atoms with van der Waals surface area (Å²) in [4.78, 5) is 24.0. The molecule has 1 aliphatic rings. The van der Waals surface area contributed by atoms with Gasteiger partial charge in [0, 0.05) is 18.7 Å². The second-order valence-electron chi connectivity index (χ2n) is 3.62. The monoisotopic (exact) mass is 239 g/mol. The van der Waals surface area contributed by atoms with Crippen LogP contribution in [0.3, 0.4) is 0 Å². The van der Waals surface area contributed by atoms with Crippen LogP contribution in [-0.2, 0) is 4.79 Å². The van der Waals surface area contributed by atoms with Crippen LogP contribution in [0.25, 0.3) is 0 Å². The number of aromatic carboxylic acids is 1. The molecule has 1 heterocycles. The van der Waals surface area contributed by atoms with E-state index >= 15 is 0 Å². The summed E-state index contributed by atoms with van der Waals surface area (Å²) in [6.45, 7) is 0.638. The van der Waals surface area contributed by atoms with Gasteiger partial charge in [-0.2, -0.15) is 0 Å². The highest BCUT2D eigenvalue weighted by atomic mass is 35.5. The first-order chi connectivity index (χ1) is 7.59. The number of carboxylic acids is 1. The van der Waals surface area contributed by atoms with Crippen LogP contribution >= 0.6 is 11.6 Å². The Bertz CT molecular complexity index is 459. The lowest BCUT2D eigenvalue weighted by molar-refractivity contribution is -0.117. The van der Waals surface area contributed by atoms with Crippen LogP contribution in [0.4, 0.5) is 5.69 Å². The van der Waals surface area contributed by atoms with Crippen LogP contribution in [0.1, 0.15) is 23.2 Å². The molecule has 2 rings (SSSR count). The highest BCUT2D eigenvalue weighted by Crippen LogP contribution is 2.26. The summed E-state index contributed by atoms with van der Waals surface area (Å²) in [6.07, 6.45) is 1.33. The van der Waals surface area contributed by atoms with E-state index in [0.717, 1.165) is 6.42 Å². The average molecular weight is 240 g/mol. The molecule has 0 saturated carbocycles. The standard InChI is InChI=1S/C11H10ClNO3/c12-9-4-3-7(6-8(9)11(15)16)13-5-1-2-10(13)14/h3-4,6H,1-2,5H2,(H,15,16). The Kier molecular flexibility index (Phi) is 2.83. The molecule has 0 bridgehead atoms. The third kappa shape index (κ3) is 1.88. The molecule has 1 aromatic carbocycles. The van der Waals surface area contributed by atoms with Gasteiger partial charge in [0.1, 0.15) is 0 Å². The minimum absolute atomic E-state index is 0.0265. The Morgan fingerprint density at radius 1 is 1.44 bits per heavy atom. The molecule has 0 unspecified atom stereocenters. The maximum atomic E-state index is 11.5. The quantitative estimate of drug-likeness (QED) is 0.861. The van der Waals surface area contributed by atoms with Gasteiger partial charge in [-0.05, 0) is 24.6 Å². The van der Waals surface area contributed by atoms with Crippen molar-refractivity contribution < 1.29 is 14.7 Å². The van der Waals surface area contributed by atoms with Crippen molar-refractivity contribution in [2.45, 2.75) is 12.8 Å². The van der Waals surface area contributed by atoms with Gasteiger partial charge < -0.3 is 10.0 Å². The lowest BCUT2D eigenvalue weighted by Crippen LogP contribution is -2.23. The smallest absolute Gasteiger partial charge is 0.337 e. The second kappa shape index (κ2) is 4.14. The van der Waals surface area contributed by atoms with Crippen LogP contribution in [0.2, 0.25) is 5.02 Å². The summed E-state index contributed by atoms with van der Waals surface area (Å²) in [5, 5.41) is 9.09. The fraction of sp³-hybridized carbons (Fsp3) is 0.273. The highest BCUT2D eigenvalue weighted by Gasteiger charge is 2.23. The number of anilines is 1. The van der Waals surface area contributed by atoms with E-state index in [1.807, 2.05) is 0 Å². The zero-order valence-electron chi connectivity index (χ0n) is 8.44. The lowest BCUT2D eigenvalue weighted by atomic mass is 10.2. The van der Waals surface area contributed by atoms with E-state index in [0.29, 0.717) is 18.7 Å². The van der Waals surface area contributed by atoms with Crippen LogP contribution in [0, 0.1) is 0 Å². The molecule has 5 heteroatoms. The molecule has 0 aromatic heterocycles. The van der Waals surface area contributed by atoms with Crippen molar-refractivity contribution in [2.75, 3.05) is 11.4 Å². The molecule has 84 valence electrons. The van der Waals surface area contributed by atoms with Crippen LogP contribution in [-0.4, -0.2) is 23.5 Å². The summed E-state index contributed by atoms with van der Waals surface area (Å²) in [5.41, 5.74) is 0.628. The fourth-order valence-electron chi connectivity index (χ4n) is 1.77. The number of rotatable bonds is 2. The third-order valence-electron chi connectivity index (χ3n) is 2.57. The van der Waals surface area contributed by atoms with Crippen molar-refractivity contribution in [3.05, 3.63) is 28.8 Å². The molecular weight excluding hydrogens is 230 g/mol. The zero-order chi connectivity index (χ0) is 11.7. The lowest BCUT2D eigenvalue weighted by Gasteiger charge is -2.16. The van der Waals surface area contributed by atoms with Gasteiger partial charge in [-0.25, -0.2) is 4.79 Å². The Morgan fingerprint density at radius 3 is 2.75 bits per heavy atom. The average Bonchev–Trinajstić information content (AvgIpc) is 2.65. The number of hydrogen-bond donors (Lipinski definition) is 1. The van der Waals surface area contributed by atoms with E-state index in [2.05, 4.69) is 0 Å². The van der Waals surface area contributed by atoms with E-state index in [4.69, 9.17) is 16.7 Å².